The molecular formula is C17H30IN3O. The zero-order chi connectivity index (χ0) is 15.5. The standard InChI is InChI=1S/C17H29N3O.HI/c1-5-18-17(20-11-12-21-6-2)19-10-9-16-8-7-14(3)13-15(16)4;/h7-8,13H,5-6,9-12H2,1-4H3,(H2,18,19,20);1H. The summed E-state index contributed by atoms with van der Waals surface area (Å²) in [5.74, 6) is 0.863. The highest BCUT2D eigenvalue weighted by Crippen LogP contribution is 2.10. The van der Waals surface area contributed by atoms with Crippen molar-refractivity contribution in [1.29, 1.82) is 0 Å². The van der Waals surface area contributed by atoms with Crippen molar-refractivity contribution in [2.45, 2.75) is 34.1 Å². The lowest BCUT2D eigenvalue weighted by Gasteiger charge is -2.12. The Morgan fingerprint density at radius 2 is 1.95 bits per heavy atom. The molecule has 0 unspecified atom stereocenters. The Balaban J connectivity index is 0.00000441. The van der Waals surface area contributed by atoms with E-state index in [2.05, 4.69) is 54.6 Å². The molecular weight excluding hydrogens is 389 g/mol. The molecule has 126 valence electrons. The maximum Gasteiger partial charge on any atom is 0.191 e. The molecule has 0 aliphatic heterocycles. The number of guanidine groups is 1. The van der Waals surface area contributed by atoms with Gasteiger partial charge < -0.3 is 15.4 Å². The number of ether oxygens (including phenoxy) is 1. The number of benzene rings is 1. The van der Waals surface area contributed by atoms with Gasteiger partial charge in [-0.25, -0.2) is 0 Å². The fraction of sp³-hybridized carbons (Fsp3) is 0.588. The van der Waals surface area contributed by atoms with Gasteiger partial charge in [-0.05, 0) is 45.2 Å². The predicted octanol–water partition coefficient (Wildman–Crippen LogP) is 3.06. The number of aryl methyl sites for hydroxylation is 2. The van der Waals surface area contributed by atoms with Crippen LogP contribution in [0.1, 0.15) is 30.5 Å². The number of rotatable bonds is 8. The van der Waals surface area contributed by atoms with Gasteiger partial charge >= 0.3 is 0 Å². The topological polar surface area (TPSA) is 45.7 Å². The summed E-state index contributed by atoms with van der Waals surface area (Å²) in [4.78, 5) is 4.49. The molecule has 0 aromatic heterocycles. The minimum atomic E-state index is 0. The van der Waals surface area contributed by atoms with Gasteiger partial charge in [-0.15, -0.1) is 24.0 Å². The van der Waals surface area contributed by atoms with Gasteiger partial charge in [0.25, 0.3) is 0 Å². The summed E-state index contributed by atoms with van der Waals surface area (Å²) in [6.45, 7) is 12.2. The molecule has 0 radical (unpaired) electrons. The first-order valence-corrected chi connectivity index (χ1v) is 7.83. The van der Waals surface area contributed by atoms with Crippen LogP contribution < -0.4 is 10.6 Å². The van der Waals surface area contributed by atoms with Crippen molar-refractivity contribution in [1.82, 2.24) is 10.6 Å². The highest BCUT2D eigenvalue weighted by molar-refractivity contribution is 14.0. The second-order valence-corrected chi connectivity index (χ2v) is 5.06. The molecule has 0 bridgehead atoms. The Bertz CT molecular complexity index is 450. The molecule has 0 heterocycles. The van der Waals surface area contributed by atoms with Crippen molar-refractivity contribution in [2.24, 2.45) is 4.99 Å². The van der Waals surface area contributed by atoms with Crippen molar-refractivity contribution < 1.29 is 4.74 Å². The van der Waals surface area contributed by atoms with Crippen molar-refractivity contribution in [2.75, 3.05) is 32.8 Å². The van der Waals surface area contributed by atoms with E-state index in [1.807, 2.05) is 6.92 Å². The van der Waals surface area contributed by atoms with E-state index < -0.39 is 0 Å². The number of nitrogens with one attached hydrogen (secondary N) is 2. The summed E-state index contributed by atoms with van der Waals surface area (Å²) in [5.41, 5.74) is 4.06. The number of aliphatic imine (C=N–C) groups is 1. The van der Waals surface area contributed by atoms with Gasteiger partial charge in [-0.3, -0.25) is 4.99 Å². The van der Waals surface area contributed by atoms with Gasteiger partial charge in [-0.2, -0.15) is 0 Å². The Kier molecular flexibility index (Phi) is 12.2. The molecule has 1 aromatic carbocycles. The summed E-state index contributed by atoms with van der Waals surface area (Å²) >= 11 is 0. The molecule has 4 nitrogen and oxygen atoms in total. The Hall–Kier alpha value is -0.820. The molecule has 0 spiro atoms. The van der Waals surface area contributed by atoms with Gasteiger partial charge in [0, 0.05) is 19.7 Å². The number of hydrogen-bond acceptors (Lipinski definition) is 2. The molecule has 0 aliphatic rings. The first-order chi connectivity index (χ1) is 10.2. The third kappa shape index (κ3) is 8.58. The first kappa shape index (κ1) is 21.2. The van der Waals surface area contributed by atoms with Crippen LogP contribution >= 0.6 is 24.0 Å². The third-order valence-corrected chi connectivity index (χ3v) is 3.24. The van der Waals surface area contributed by atoms with E-state index in [4.69, 9.17) is 4.74 Å². The average molecular weight is 419 g/mol. The quantitative estimate of drug-likeness (QED) is 0.295. The van der Waals surface area contributed by atoms with Gasteiger partial charge in [0.1, 0.15) is 0 Å². The molecule has 1 rings (SSSR count). The lowest BCUT2D eigenvalue weighted by molar-refractivity contribution is 0.155. The largest absolute Gasteiger partial charge is 0.380 e. The minimum Gasteiger partial charge on any atom is -0.380 e. The average Bonchev–Trinajstić information content (AvgIpc) is 2.45. The molecule has 2 N–H and O–H groups in total. The maximum atomic E-state index is 5.30. The van der Waals surface area contributed by atoms with E-state index in [1.54, 1.807) is 0 Å². The highest BCUT2D eigenvalue weighted by atomic mass is 127. The molecule has 0 atom stereocenters. The lowest BCUT2D eigenvalue weighted by Crippen LogP contribution is -2.38. The molecule has 0 saturated heterocycles. The van der Waals surface area contributed by atoms with Crippen LogP contribution in [0, 0.1) is 13.8 Å². The van der Waals surface area contributed by atoms with Crippen LogP contribution in [0.15, 0.2) is 23.2 Å². The molecule has 5 heteroatoms. The first-order valence-electron chi connectivity index (χ1n) is 7.83. The third-order valence-electron chi connectivity index (χ3n) is 3.24. The highest BCUT2D eigenvalue weighted by Gasteiger charge is 2.00. The van der Waals surface area contributed by atoms with Crippen LogP contribution in [-0.2, 0) is 11.2 Å². The Morgan fingerprint density at radius 3 is 2.59 bits per heavy atom. The van der Waals surface area contributed by atoms with Crippen LogP contribution in [0.3, 0.4) is 0 Å². The Morgan fingerprint density at radius 1 is 1.18 bits per heavy atom. The second kappa shape index (κ2) is 12.7. The van der Waals surface area contributed by atoms with E-state index >= 15 is 0 Å². The van der Waals surface area contributed by atoms with Crippen LogP contribution in [0.5, 0.6) is 0 Å². The van der Waals surface area contributed by atoms with Gasteiger partial charge in [0.15, 0.2) is 5.96 Å². The fourth-order valence-electron chi connectivity index (χ4n) is 2.15. The molecule has 1 aromatic rings. The fourth-order valence-corrected chi connectivity index (χ4v) is 2.15. The smallest absolute Gasteiger partial charge is 0.191 e. The monoisotopic (exact) mass is 419 g/mol. The van der Waals surface area contributed by atoms with Crippen LogP contribution in [0.2, 0.25) is 0 Å². The molecule has 22 heavy (non-hydrogen) atoms. The van der Waals surface area contributed by atoms with Crippen molar-refractivity contribution in [3.05, 3.63) is 34.9 Å². The molecule has 0 aliphatic carbocycles. The van der Waals surface area contributed by atoms with Gasteiger partial charge in [0.05, 0.1) is 13.2 Å². The number of nitrogens with zero attached hydrogens (tertiary/aromatic N) is 1. The van der Waals surface area contributed by atoms with Crippen molar-refractivity contribution in [3.8, 4) is 0 Å². The lowest BCUT2D eigenvalue weighted by atomic mass is 10.0. The summed E-state index contributed by atoms with van der Waals surface area (Å²) in [6, 6.07) is 6.62. The summed E-state index contributed by atoms with van der Waals surface area (Å²) in [7, 11) is 0. The van der Waals surface area contributed by atoms with E-state index in [0.29, 0.717) is 13.2 Å². The van der Waals surface area contributed by atoms with Crippen LogP contribution in [0.25, 0.3) is 0 Å². The van der Waals surface area contributed by atoms with Crippen LogP contribution in [0.4, 0.5) is 0 Å². The molecule has 0 fully saturated rings. The maximum absolute atomic E-state index is 5.30. The van der Waals surface area contributed by atoms with Gasteiger partial charge in [0.2, 0.25) is 0 Å². The summed E-state index contributed by atoms with van der Waals surface area (Å²) < 4.78 is 5.30. The summed E-state index contributed by atoms with van der Waals surface area (Å²) in [6.07, 6.45) is 1.00. The number of hydrogen-bond donors (Lipinski definition) is 2. The number of halogens is 1. The zero-order valence-electron chi connectivity index (χ0n) is 14.2. The van der Waals surface area contributed by atoms with Crippen molar-refractivity contribution >= 4 is 29.9 Å². The Labute approximate surface area is 152 Å². The second-order valence-electron chi connectivity index (χ2n) is 5.06. The van der Waals surface area contributed by atoms with Crippen LogP contribution in [-0.4, -0.2) is 38.8 Å². The van der Waals surface area contributed by atoms with E-state index in [9.17, 15) is 0 Å². The zero-order valence-corrected chi connectivity index (χ0v) is 16.6. The minimum absolute atomic E-state index is 0. The van der Waals surface area contributed by atoms with Gasteiger partial charge in [-0.1, -0.05) is 23.8 Å². The SMILES string of the molecule is CCNC(=NCCOCC)NCCc1ccc(C)cc1C.I. The molecule has 0 amide bonds. The van der Waals surface area contributed by atoms with E-state index in [0.717, 1.165) is 32.1 Å². The predicted molar refractivity (Wildman–Crippen MR) is 106 cm³/mol. The van der Waals surface area contributed by atoms with Crippen molar-refractivity contribution in [3.63, 3.8) is 0 Å². The summed E-state index contributed by atoms with van der Waals surface area (Å²) in [5, 5.41) is 6.62. The van der Waals surface area contributed by atoms with E-state index in [-0.39, 0.29) is 24.0 Å². The van der Waals surface area contributed by atoms with E-state index in [1.165, 1.54) is 16.7 Å². The molecule has 0 saturated carbocycles. The normalized spacial score (nSPS) is 11.0.